The largest absolute Gasteiger partial charge is 0.373 e. The van der Waals surface area contributed by atoms with Gasteiger partial charge in [0.1, 0.15) is 0 Å². The maximum atomic E-state index is 12.1. The Morgan fingerprint density at radius 1 is 1.19 bits per heavy atom. The summed E-state index contributed by atoms with van der Waals surface area (Å²) < 4.78 is 5.83. The lowest BCUT2D eigenvalue weighted by Crippen LogP contribution is -2.38. The summed E-state index contributed by atoms with van der Waals surface area (Å²) in [7, 11) is 0. The van der Waals surface area contributed by atoms with Crippen LogP contribution in [0.15, 0.2) is 48.7 Å². The van der Waals surface area contributed by atoms with Gasteiger partial charge in [-0.1, -0.05) is 18.2 Å². The molecule has 0 bridgehead atoms. The quantitative estimate of drug-likeness (QED) is 0.866. The monoisotopic (exact) mass is 353 g/mol. The summed E-state index contributed by atoms with van der Waals surface area (Å²) in [5.74, 6) is -0.113. The number of aromatic nitrogens is 1. The van der Waals surface area contributed by atoms with E-state index in [1.165, 1.54) is 6.92 Å². The molecule has 2 aromatic rings. The number of carbonyl (C=O) groups excluding carboxylic acids is 2. The number of ether oxygens (including phenoxy) is 1. The number of nitrogens with one attached hydrogen (secondary N) is 2. The van der Waals surface area contributed by atoms with Crippen LogP contribution < -0.4 is 10.6 Å². The Morgan fingerprint density at radius 2 is 2.00 bits per heavy atom. The summed E-state index contributed by atoms with van der Waals surface area (Å²) in [6.07, 6.45) is 3.46. The molecule has 1 aromatic carbocycles. The number of nitrogens with zero attached hydrogens (tertiary/aromatic N) is 1. The predicted molar refractivity (Wildman–Crippen MR) is 98.5 cm³/mol. The number of anilines is 1. The Balaban J connectivity index is 1.56. The van der Waals surface area contributed by atoms with E-state index in [2.05, 4.69) is 15.6 Å². The molecule has 6 heteroatoms. The lowest BCUT2D eigenvalue weighted by Gasteiger charge is -2.30. The zero-order chi connectivity index (χ0) is 18.4. The second kappa shape index (κ2) is 8.58. The molecule has 2 atom stereocenters. The number of hydrogen-bond acceptors (Lipinski definition) is 4. The molecule has 1 aromatic heterocycles. The van der Waals surface area contributed by atoms with Crippen LogP contribution in [0.3, 0.4) is 0 Å². The van der Waals surface area contributed by atoms with Crippen molar-refractivity contribution in [2.45, 2.75) is 38.3 Å². The molecule has 1 fully saturated rings. The van der Waals surface area contributed by atoms with Gasteiger partial charge >= 0.3 is 0 Å². The molecule has 26 heavy (non-hydrogen) atoms. The molecule has 0 saturated carbocycles. The molecule has 2 amide bonds. The smallest absolute Gasteiger partial charge is 0.230 e. The Kier molecular flexibility index (Phi) is 5.96. The first kappa shape index (κ1) is 18.1. The molecule has 1 saturated heterocycles. The molecule has 136 valence electrons. The predicted octanol–water partition coefficient (Wildman–Crippen LogP) is 2.62. The molecule has 0 spiro atoms. The van der Waals surface area contributed by atoms with Gasteiger partial charge in [0.15, 0.2) is 0 Å². The van der Waals surface area contributed by atoms with Crippen LogP contribution in [-0.2, 0) is 20.7 Å². The van der Waals surface area contributed by atoms with E-state index in [0.717, 1.165) is 29.8 Å². The average Bonchev–Trinajstić information content (AvgIpc) is 2.63. The summed E-state index contributed by atoms with van der Waals surface area (Å²) >= 11 is 0. The molecule has 0 unspecified atom stereocenters. The fourth-order valence-corrected chi connectivity index (χ4v) is 3.10. The number of benzene rings is 1. The first-order valence-corrected chi connectivity index (χ1v) is 8.78. The van der Waals surface area contributed by atoms with E-state index in [1.807, 2.05) is 42.5 Å². The van der Waals surface area contributed by atoms with Crippen LogP contribution in [0.4, 0.5) is 5.69 Å². The van der Waals surface area contributed by atoms with Crippen LogP contribution in [0.25, 0.3) is 0 Å². The SMILES string of the molecule is CC(=O)N[C@@H]1CCO[C@H](c2ccc(NC(=O)Cc3ccccn3)cc2)C1. The van der Waals surface area contributed by atoms with Gasteiger partial charge < -0.3 is 15.4 Å². The zero-order valence-corrected chi connectivity index (χ0v) is 14.8. The van der Waals surface area contributed by atoms with Crippen molar-refractivity contribution in [2.24, 2.45) is 0 Å². The van der Waals surface area contributed by atoms with Crippen LogP contribution in [-0.4, -0.2) is 29.4 Å². The molecule has 2 N–H and O–H groups in total. The molecule has 1 aliphatic heterocycles. The van der Waals surface area contributed by atoms with Crippen LogP contribution in [0.2, 0.25) is 0 Å². The summed E-state index contributed by atoms with van der Waals surface area (Å²) in [5.41, 5.74) is 2.52. The molecule has 3 rings (SSSR count). The third-order valence-corrected chi connectivity index (χ3v) is 4.33. The van der Waals surface area contributed by atoms with Crippen molar-refractivity contribution in [1.29, 1.82) is 0 Å². The highest BCUT2D eigenvalue weighted by Crippen LogP contribution is 2.29. The molecule has 0 radical (unpaired) electrons. The van der Waals surface area contributed by atoms with Gasteiger partial charge in [-0.2, -0.15) is 0 Å². The Morgan fingerprint density at radius 3 is 2.69 bits per heavy atom. The normalized spacial score (nSPS) is 19.6. The second-order valence-electron chi connectivity index (χ2n) is 6.45. The van der Waals surface area contributed by atoms with E-state index >= 15 is 0 Å². The van der Waals surface area contributed by atoms with Crippen molar-refractivity contribution in [1.82, 2.24) is 10.3 Å². The fourth-order valence-electron chi connectivity index (χ4n) is 3.10. The van der Waals surface area contributed by atoms with Gasteiger partial charge in [-0.05, 0) is 42.7 Å². The average molecular weight is 353 g/mol. The van der Waals surface area contributed by atoms with Crippen molar-refractivity contribution < 1.29 is 14.3 Å². The van der Waals surface area contributed by atoms with E-state index in [-0.39, 0.29) is 30.4 Å². The van der Waals surface area contributed by atoms with Crippen LogP contribution >= 0.6 is 0 Å². The standard InChI is InChI=1S/C20H23N3O3/c1-14(24)22-18-9-11-26-19(12-18)15-5-7-16(8-6-15)23-20(25)13-17-4-2-3-10-21-17/h2-8,10,18-19H,9,11-13H2,1H3,(H,22,24)(H,23,25)/t18-,19+/m1/s1. The lowest BCUT2D eigenvalue weighted by molar-refractivity contribution is -0.120. The van der Waals surface area contributed by atoms with Crippen molar-refractivity contribution >= 4 is 17.5 Å². The Bertz CT molecular complexity index is 747. The Labute approximate surface area is 153 Å². The minimum absolute atomic E-state index is 0.0124. The number of amides is 2. The van der Waals surface area contributed by atoms with Gasteiger partial charge in [-0.25, -0.2) is 0 Å². The maximum absolute atomic E-state index is 12.1. The van der Waals surface area contributed by atoms with Crippen molar-refractivity contribution in [3.05, 3.63) is 59.9 Å². The van der Waals surface area contributed by atoms with E-state index in [1.54, 1.807) is 6.20 Å². The second-order valence-corrected chi connectivity index (χ2v) is 6.45. The number of carbonyl (C=O) groups is 2. The van der Waals surface area contributed by atoms with Crippen molar-refractivity contribution in [3.63, 3.8) is 0 Å². The van der Waals surface area contributed by atoms with E-state index in [4.69, 9.17) is 4.74 Å². The van der Waals surface area contributed by atoms with Gasteiger partial charge in [0.2, 0.25) is 11.8 Å². The molecule has 0 aliphatic carbocycles. The topological polar surface area (TPSA) is 80.3 Å². The molecule has 2 heterocycles. The highest BCUT2D eigenvalue weighted by atomic mass is 16.5. The molecular formula is C20H23N3O3. The highest BCUT2D eigenvalue weighted by molar-refractivity contribution is 5.92. The first-order chi connectivity index (χ1) is 12.6. The molecule has 1 aliphatic rings. The first-order valence-electron chi connectivity index (χ1n) is 8.78. The number of pyridine rings is 1. The van der Waals surface area contributed by atoms with Gasteiger partial charge in [0.25, 0.3) is 0 Å². The summed E-state index contributed by atoms with van der Waals surface area (Å²) in [4.78, 5) is 27.5. The molecule has 6 nitrogen and oxygen atoms in total. The van der Waals surface area contributed by atoms with Gasteiger partial charge in [0, 0.05) is 37.2 Å². The van der Waals surface area contributed by atoms with Crippen molar-refractivity contribution in [3.8, 4) is 0 Å². The molecular weight excluding hydrogens is 330 g/mol. The maximum Gasteiger partial charge on any atom is 0.230 e. The van der Waals surface area contributed by atoms with Crippen LogP contribution in [0, 0.1) is 0 Å². The zero-order valence-electron chi connectivity index (χ0n) is 14.8. The third kappa shape index (κ3) is 5.13. The van der Waals surface area contributed by atoms with E-state index in [0.29, 0.717) is 6.61 Å². The fraction of sp³-hybridized carbons (Fsp3) is 0.350. The van der Waals surface area contributed by atoms with E-state index < -0.39 is 0 Å². The lowest BCUT2D eigenvalue weighted by atomic mass is 9.97. The minimum atomic E-state index is -0.101. The van der Waals surface area contributed by atoms with Crippen molar-refractivity contribution in [2.75, 3.05) is 11.9 Å². The number of rotatable bonds is 5. The minimum Gasteiger partial charge on any atom is -0.373 e. The summed E-state index contributed by atoms with van der Waals surface area (Å²) in [6, 6.07) is 13.3. The van der Waals surface area contributed by atoms with E-state index in [9.17, 15) is 9.59 Å². The van der Waals surface area contributed by atoms with Crippen LogP contribution in [0.5, 0.6) is 0 Å². The third-order valence-electron chi connectivity index (χ3n) is 4.33. The Hall–Kier alpha value is -2.73. The highest BCUT2D eigenvalue weighted by Gasteiger charge is 2.24. The van der Waals surface area contributed by atoms with Gasteiger partial charge in [-0.15, -0.1) is 0 Å². The summed E-state index contributed by atoms with van der Waals surface area (Å²) in [5, 5.41) is 5.84. The van der Waals surface area contributed by atoms with Crippen LogP contribution in [0.1, 0.15) is 37.1 Å². The summed E-state index contributed by atoms with van der Waals surface area (Å²) in [6.45, 7) is 2.16. The van der Waals surface area contributed by atoms with Gasteiger partial charge in [0.05, 0.1) is 12.5 Å². The van der Waals surface area contributed by atoms with Gasteiger partial charge in [-0.3, -0.25) is 14.6 Å². The number of hydrogen-bond donors (Lipinski definition) is 2.